The Bertz CT molecular complexity index is 827. The fourth-order valence-corrected chi connectivity index (χ4v) is 4.27. The van der Waals surface area contributed by atoms with Crippen molar-refractivity contribution in [2.45, 2.75) is 30.4 Å². The van der Waals surface area contributed by atoms with Crippen LogP contribution < -0.4 is 0 Å². The minimum atomic E-state index is -3.76. The van der Waals surface area contributed by atoms with Gasteiger partial charge in [0, 0.05) is 5.56 Å². The van der Waals surface area contributed by atoms with E-state index in [2.05, 4.69) is 0 Å². The van der Waals surface area contributed by atoms with Gasteiger partial charge in [0.05, 0.1) is 14.9 Å². The SMILES string of the molecule is CCC(C(=O)c1ccc(Cl)c(Cl)c1)S(=O)(=O)c1ccc(C)cc1. The van der Waals surface area contributed by atoms with Crippen LogP contribution in [0.1, 0.15) is 29.3 Å². The zero-order chi connectivity index (χ0) is 17.2. The molecule has 0 aliphatic carbocycles. The van der Waals surface area contributed by atoms with Crippen LogP contribution in [0.3, 0.4) is 0 Å². The maximum Gasteiger partial charge on any atom is 0.188 e. The van der Waals surface area contributed by atoms with Crippen LogP contribution in [0, 0.1) is 6.92 Å². The van der Waals surface area contributed by atoms with Gasteiger partial charge in [0.2, 0.25) is 0 Å². The molecular formula is C17H16Cl2O3S. The second-order valence-corrected chi connectivity index (χ2v) is 8.19. The summed E-state index contributed by atoms with van der Waals surface area (Å²) >= 11 is 11.8. The van der Waals surface area contributed by atoms with Crippen LogP contribution in [-0.2, 0) is 9.84 Å². The normalized spacial score (nSPS) is 12.9. The minimum absolute atomic E-state index is 0.142. The molecule has 0 aliphatic rings. The fraction of sp³-hybridized carbons (Fsp3) is 0.235. The molecule has 0 saturated heterocycles. The van der Waals surface area contributed by atoms with Crippen molar-refractivity contribution in [3.05, 3.63) is 63.6 Å². The van der Waals surface area contributed by atoms with Crippen LogP contribution >= 0.6 is 23.2 Å². The number of sulfone groups is 1. The van der Waals surface area contributed by atoms with Crippen molar-refractivity contribution < 1.29 is 13.2 Å². The summed E-state index contributed by atoms with van der Waals surface area (Å²) in [7, 11) is -3.76. The molecule has 0 fully saturated rings. The third-order valence-electron chi connectivity index (χ3n) is 3.59. The molecule has 0 spiro atoms. The van der Waals surface area contributed by atoms with E-state index in [0.29, 0.717) is 5.02 Å². The second kappa shape index (κ2) is 7.04. The number of carbonyl (C=O) groups excluding carboxylic acids is 1. The highest BCUT2D eigenvalue weighted by Crippen LogP contribution is 2.26. The number of aryl methyl sites for hydroxylation is 1. The molecule has 0 saturated carbocycles. The lowest BCUT2D eigenvalue weighted by atomic mass is 10.1. The maximum absolute atomic E-state index is 12.8. The summed E-state index contributed by atoms with van der Waals surface area (Å²) in [6, 6.07) is 10.9. The molecule has 122 valence electrons. The van der Waals surface area contributed by atoms with E-state index in [-0.39, 0.29) is 21.9 Å². The Kier molecular flexibility index (Phi) is 5.50. The molecule has 0 bridgehead atoms. The molecule has 0 N–H and O–H groups in total. The zero-order valence-corrected chi connectivity index (χ0v) is 15.0. The summed E-state index contributed by atoms with van der Waals surface area (Å²) in [5.41, 5.74) is 1.19. The number of rotatable bonds is 5. The molecular weight excluding hydrogens is 355 g/mol. The van der Waals surface area contributed by atoms with E-state index in [1.54, 1.807) is 19.1 Å². The van der Waals surface area contributed by atoms with Crippen molar-refractivity contribution in [3.8, 4) is 0 Å². The first-order valence-corrected chi connectivity index (χ1v) is 9.37. The van der Waals surface area contributed by atoms with Gasteiger partial charge < -0.3 is 0 Å². The lowest BCUT2D eigenvalue weighted by Crippen LogP contribution is -2.30. The van der Waals surface area contributed by atoms with Crippen LogP contribution in [-0.4, -0.2) is 19.5 Å². The minimum Gasteiger partial charge on any atom is -0.293 e. The maximum atomic E-state index is 12.8. The van der Waals surface area contributed by atoms with Crippen LogP contribution in [0.4, 0.5) is 0 Å². The number of benzene rings is 2. The largest absolute Gasteiger partial charge is 0.293 e. The lowest BCUT2D eigenvalue weighted by Gasteiger charge is -2.15. The average Bonchev–Trinajstić information content (AvgIpc) is 2.50. The van der Waals surface area contributed by atoms with E-state index < -0.39 is 20.9 Å². The summed E-state index contributed by atoms with van der Waals surface area (Å²) < 4.78 is 25.5. The zero-order valence-electron chi connectivity index (χ0n) is 12.7. The third kappa shape index (κ3) is 3.77. The highest BCUT2D eigenvalue weighted by atomic mass is 35.5. The highest BCUT2D eigenvalue weighted by molar-refractivity contribution is 7.92. The smallest absolute Gasteiger partial charge is 0.188 e. The highest BCUT2D eigenvalue weighted by Gasteiger charge is 2.33. The Hall–Kier alpha value is -1.36. The van der Waals surface area contributed by atoms with Crippen LogP contribution in [0.15, 0.2) is 47.4 Å². The lowest BCUT2D eigenvalue weighted by molar-refractivity contribution is 0.0985. The van der Waals surface area contributed by atoms with Gasteiger partial charge in [-0.3, -0.25) is 4.79 Å². The van der Waals surface area contributed by atoms with Crippen LogP contribution in [0.2, 0.25) is 10.0 Å². The Morgan fingerprint density at radius 3 is 2.17 bits per heavy atom. The molecule has 3 nitrogen and oxygen atoms in total. The number of hydrogen-bond acceptors (Lipinski definition) is 3. The number of halogens is 2. The molecule has 2 aromatic carbocycles. The molecule has 23 heavy (non-hydrogen) atoms. The van der Waals surface area contributed by atoms with E-state index >= 15 is 0 Å². The van der Waals surface area contributed by atoms with E-state index in [4.69, 9.17) is 23.2 Å². The van der Waals surface area contributed by atoms with Gasteiger partial charge in [-0.1, -0.05) is 47.8 Å². The van der Waals surface area contributed by atoms with E-state index in [0.717, 1.165) is 5.56 Å². The molecule has 1 unspecified atom stereocenters. The van der Waals surface area contributed by atoms with Gasteiger partial charge in [0.1, 0.15) is 5.25 Å². The van der Waals surface area contributed by atoms with Gasteiger partial charge in [-0.25, -0.2) is 8.42 Å². The molecule has 0 amide bonds. The quantitative estimate of drug-likeness (QED) is 0.714. The molecule has 0 radical (unpaired) electrons. The van der Waals surface area contributed by atoms with Gasteiger partial charge in [0.25, 0.3) is 0 Å². The summed E-state index contributed by atoms with van der Waals surface area (Å²) in [6.07, 6.45) is 0.176. The van der Waals surface area contributed by atoms with Gasteiger partial charge in [-0.2, -0.15) is 0 Å². The van der Waals surface area contributed by atoms with Gasteiger partial charge in [-0.15, -0.1) is 0 Å². The van der Waals surface area contributed by atoms with Crippen molar-refractivity contribution >= 4 is 38.8 Å². The van der Waals surface area contributed by atoms with Crippen LogP contribution in [0.25, 0.3) is 0 Å². The number of ketones is 1. The molecule has 2 rings (SSSR count). The first kappa shape index (κ1) is 18.0. The topological polar surface area (TPSA) is 51.2 Å². The van der Waals surface area contributed by atoms with Crippen molar-refractivity contribution in [1.29, 1.82) is 0 Å². The Morgan fingerprint density at radius 2 is 1.65 bits per heavy atom. The molecule has 0 aromatic heterocycles. The summed E-state index contributed by atoms with van der Waals surface area (Å²) in [5.74, 6) is -0.480. The van der Waals surface area contributed by atoms with E-state index in [9.17, 15) is 13.2 Å². The fourth-order valence-electron chi connectivity index (χ4n) is 2.27. The molecule has 0 aliphatic heterocycles. The van der Waals surface area contributed by atoms with Crippen molar-refractivity contribution in [3.63, 3.8) is 0 Å². The third-order valence-corrected chi connectivity index (χ3v) is 6.56. The monoisotopic (exact) mass is 370 g/mol. The van der Waals surface area contributed by atoms with E-state index in [1.165, 1.54) is 30.3 Å². The number of Topliss-reactive ketones (excluding diaryl/α,β-unsaturated/α-hetero) is 1. The molecule has 0 heterocycles. The van der Waals surface area contributed by atoms with Gasteiger partial charge in [0.15, 0.2) is 15.6 Å². The molecule has 2 aromatic rings. The molecule has 6 heteroatoms. The first-order chi connectivity index (χ1) is 10.8. The Morgan fingerprint density at radius 1 is 1.04 bits per heavy atom. The Balaban J connectivity index is 2.43. The molecule has 1 atom stereocenters. The van der Waals surface area contributed by atoms with Gasteiger partial charge >= 0.3 is 0 Å². The summed E-state index contributed by atoms with van der Waals surface area (Å²) in [5, 5.41) is -0.611. The van der Waals surface area contributed by atoms with Gasteiger partial charge in [-0.05, 0) is 43.7 Å². The van der Waals surface area contributed by atoms with Crippen LogP contribution in [0.5, 0.6) is 0 Å². The summed E-state index contributed by atoms with van der Waals surface area (Å²) in [4.78, 5) is 12.8. The van der Waals surface area contributed by atoms with Crippen molar-refractivity contribution in [2.75, 3.05) is 0 Å². The number of hydrogen-bond donors (Lipinski definition) is 0. The predicted octanol–water partition coefficient (Wildman–Crippen LogP) is 4.74. The van der Waals surface area contributed by atoms with E-state index in [1.807, 2.05) is 6.92 Å². The second-order valence-electron chi connectivity index (χ2n) is 5.25. The summed E-state index contributed by atoms with van der Waals surface area (Å²) in [6.45, 7) is 3.54. The van der Waals surface area contributed by atoms with Crippen molar-refractivity contribution in [1.82, 2.24) is 0 Å². The number of carbonyl (C=O) groups is 1. The standard InChI is InChI=1S/C17H16Cl2O3S/c1-3-16(17(20)12-6-9-14(18)15(19)10-12)23(21,22)13-7-4-11(2)5-8-13/h4-10,16H,3H2,1-2H3. The predicted molar refractivity (Wildman–Crippen MR) is 93.2 cm³/mol. The Labute approximate surface area is 146 Å². The first-order valence-electron chi connectivity index (χ1n) is 7.07. The van der Waals surface area contributed by atoms with Crippen molar-refractivity contribution in [2.24, 2.45) is 0 Å². The average molecular weight is 371 g/mol.